The number of hydrogen-bond acceptors (Lipinski definition) is 3. The van der Waals surface area contributed by atoms with Crippen molar-refractivity contribution in [3.63, 3.8) is 0 Å². The molecular weight excluding hydrogens is 128 g/mol. The first-order valence-corrected chi connectivity index (χ1v) is 3.95. The van der Waals surface area contributed by atoms with Gasteiger partial charge in [0.25, 0.3) is 0 Å². The highest BCUT2D eigenvalue weighted by Crippen LogP contribution is 2.02. The highest BCUT2D eigenvalue weighted by molar-refractivity contribution is 4.66. The molecule has 0 aromatic carbocycles. The van der Waals surface area contributed by atoms with Gasteiger partial charge in [-0.2, -0.15) is 0 Å². The second kappa shape index (κ2) is 3.91. The lowest BCUT2D eigenvalue weighted by Crippen LogP contribution is -2.49. The summed E-state index contributed by atoms with van der Waals surface area (Å²) in [5, 5.41) is 10.9. The van der Waals surface area contributed by atoms with E-state index in [1.165, 1.54) is 12.8 Å². The summed E-state index contributed by atoms with van der Waals surface area (Å²) in [4.78, 5) is 0. The number of hydrogen-bond donors (Lipinski definition) is 2. The van der Waals surface area contributed by atoms with Gasteiger partial charge >= 0.3 is 0 Å². The number of rotatable bonds is 2. The van der Waals surface area contributed by atoms with Crippen molar-refractivity contribution in [2.45, 2.75) is 25.8 Å². The second-order valence-electron chi connectivity index (χ2n) is 2.84. The number of hydrazine groups is 1. The third kappa shape index (κ3) is 1.94. The van der Waals surface area contributed by atoms with Crippen LogP contribution in [0.3, 0.4) is 0 Å². The quantitative estimate of drug-likeness (QED) is 0.571. The minimum absolute atomic E-state index is 0.243. The van der Waals surface area contributed by atoms with E-state index in [1.54, 1.807) is 0 Å². The molecule has 3 heteroatoms. The first kappa shape index (κ1) is 7.98. The van der Waals surface area contributed by atoms with E-state index in [1.807, 2.05) is 6.92 Å². The Morgan fingerprint density at radius 1 is 1.60 bits per heavy atom. The SMILES string of the molecule is CC(CO)N1CCCCN1. The van der Waals surface area contributed by atoms with E-state index >= 15 is 0 Å². The molecule has 0 aromatic rings. The Balaban J connectivity index is 2.24. The van der Waals surface area contributed by atoms with Gasteiger partial charge in [-0.25, -0.2) is 5.01 Å². The smallest absolute Gasteiger partial charge is 0.0598 e. The predicted octanol–water partition coefficient (Wildman–Crippen LogP) is -0.0324. The van der Waals surface area contributed by atoms with Gasteiger partial charge in [0.05, 0.1) is 6.61 Å². The summed E-state index contributed by atoms with van der Waals surface area (Å²) in [5.74, 6) is 0. The maximum atomic E-state index is 8.81. The van der Waals surface area contributed by atoms with Crippen molar-refractivity contribution in [2.24, 2.45) is 0 Å². The average Bonchev–Trinajstić information content (AvgIpc) is 2.05. The van der Waals surface area contributed by atoms with Crippen LogP contribution in [-0.2, 0) is 0 Å². The minimum Gasteiger partial charge on any atom is -0.395 e. The van der Waals surface area contributed by atoms with Crippen LogP contribution in [0, 0.1) is 0 Å². The summed E-state index contributed by atoms with van der Waals surface area (Å²) in [6, 6.07) is 0.264. The van der Waals surface area contributed by atoms with Crippen LogP contribution in [0.2, 0.25) is 0 Å². The molecule has 1 rings (SSSR count). The lowest BCUT2D eigenvalue weighted by molar-refractivity contribution is 0.0661. The largest absolute Gasteiger partial charge is 0.395 e. The van der Waals surface area contributed by atoms with Gasteiger partial charge < -0.3 is 5.11 Å². The lowest BCUT2D eigenvalue weighted by Gasteiger charge is -2.31. The molecule has 1 saturated heterocycles. The van der Waals surface area contributed by atoms with Gasteiger partial charge in [0, 0.05) is 19.1 Å². The van der Waals surface area contributed by atoms with Gasteiger partial charge in [-0.05, 0) is 19.8 Å². The number of nitrogens with one attached hydrogen (secondary N) is 1. The summed E-state index contributed by atoms with van der Waals surface area (Å²) < 4.78 is 0. The van der Waals surface area contributed by atoms with Crippen molar-refractivity contribution in [1.82, 2.24) is 10.4 Å². The molecule has 0 aliphatic carbocycles. The molecular formula is C7H16N2O. The number of nitrogens with zero attached hydrogens (tertiary/aromatic N) is 1. The molecule has 1 aliphatic heterocycles. The molecule has 0 bridgehead atoms. The molecule has 10 heavy (non-hydrogen) atoms. The van der Waals surface area contributed by atoms with Crippen LogP contribution in [0.1, 0.15) is 19.8 Å². The highest BCUT2D eigenvalue weighted by Gasteiger charge is 2.14. The molecule has 60 valence electrons. The van der Waals surface area contributed by atoms with Crippen LogP contribution < -0.4 is 5.43 Å². The average molecular weight is 144 g/mol. The molecule has 0 amide bonds. The van der Waals surface area contributed by atoms with Crippen LogP contribution in [0.5, 0.6) is 0 Å². The topological polar surface area (TPSA) is 35.5 Å². The van der Waals surface area contributed by atoms with E-state index in [9.17, 15) is 0 Å². The van der Waals surface area contributed by atoms with Crippen molar-refractivity contribution >= 4 is 0 Å². The van der Waals surface area contributed by atoms with E-state index in [4.69, 9.17) is 5.11 Å². The molecule has 0 saturated carbocycles. The van der Waals surface area contributed by atoms with Crippen LogP contribution in [-0.4, -0.2) is 35.9 Å². The highest BCUT2D eigenvalue weighted by atomic mass is 16.3. The Morgan fingerprint density at radius 2 is 2.40 bits per heavy atom. The summed E-state index contributed by atoms with van der Waals surface area (Å²) >= 11 is 0. The van der Waals surface area contributed by atoms with Crippen LogP contribution >= 0.6 is 0 Å². The molecule has 1 heterocycles. The van der Waals surface area contributed by atoms with Gasteiger partial charge in [0.2, 0.25) is 0 Å². The zero-order valence-corrected chi connectivity index (χ0v) is 6.51. The zero-order chi connectivity index (χ0) is 7.40. The van der Waals surface area contributed by atoms with Crippen molar-refractivity contribution in [2.75, 3.05) is 19.7 Å². The molecule has 1 aliphatic rings. The number of aliphatic hydroxyl groups excluding tert-OH is 1. The molecule has 0 aromatic heterocycles. The van der Waals surface area contributed by atoms with Gasteiger partial charge in [-0.3, -0.25) is 5.43 Å². The summed E-state index contributed by atoms with van der Waals surface area (Å²) in [7, 11) is 0. The lowest BCUT2D eigenvalue weighted by atomic mass is 10.2. The third-order valence-corrected chi connectivity index (χ3v) is 1.94. The molecule has 1 atom stereocenters. The maximum Gasteiger partial charge on any atom is 0.0598 e. The Morgan fingerprint density at radius 3 is 2.90 bits per heavy atom. The standard InChI is InChI=1S/C7H16N2O/c1-7(6-10)9-5-3-2-4-8-9/h7-8,10H,2-6H2,1H3. The Kier molecular flexibility index (Phi) is 3.12. The zero-order valence-electron chi connectivity index (χ0n) is 6.51. The molecule has 0 radical (unpaired) electrons. The van der Waals surface area contributed by atoms with Crippen molar-refractivity contribution in [3.05, 3.63) is 0 Å². The van der Waals surface area contributed by atoms with Crippen LogP contribution in [0.25, 0.3) is 0 Å². The van der Waals surface area contributed by atoms with E-state index in [2.05, 4.69) is 10.4 Å². The maximum absolute atomic E-state index is 8.81. The van der Waals surface area contributed by atoms with Gasteiger partial charge in [-0.1, -0.05) is 0 Å². The third-order valence-electron chi connectivity index (χ3n) is 1.94. The van der Waals surface area contributed by atoms with Gasteiger partial charge in [0.1, 0.15) is 0 Å². The van der Waals surface area contributed by atoms with Crippen molar-refractivity contribution < 1.29 is 5.11 Å². The van der Waals surface area contributed by atoms with E-state index in [0.717, 1.165) is 13.1 Å². The molecule has 1 fully saturated rings. The normalized spacial score (nSPS) is 24.6. The Bertz CT molecular complexity index is 91.6. The van der Waals surface area contributed by atoms with Gasteiger partial charge in [0.15, 0.2) is 0 Å². The number of aliphatic hydroxyl groups is 1. The Hall–Kier alpha value is -0.120. The first-order chi connectivity index (χ1) is 4.84. The predicted molar refractivity (Wildman–Crippen MR) is 40.5 cm³/mol. The summed E-state index contributed by atoms with van der Waals surface area (Å²) in [5.41, 5.74) is 3.24. The fourth-order valence-electron chi connectivity index (χ4n) is 1.18. The first-order valence-electron chi connectivity index (χ1n) is 3.95. The van der Waals surface area contributed by atoms with E-state index < -0.39 is 0 Å². The Labute approximate surface area is 62.0 Å². The van der Waals surface area contributed by atoms with Gasteiger partial charge in [-0.15, -0.1) is 0 Å². The summed E-state index contributed by atoms with van der Waals surface area (Å²) in [6.45, 7) is 4.40. The van der Waals surface area contributed by atoms with Crippen molar-refractivity contribution in [3.8, 4) is 0 Å². The second-order valence-corrected chi connectivity index (χ2v) is 2.84. The van der Waals surface area contributed by atoms with Crippen molar-refractivity contribution in [1.29, 1.82) is 0 Å². The van der Waals surface area contributed by atoms with E-state index in [-0.39, 0.29) is 12.6 Å². The van der Waals surface area contributed by atoms with Crippen LogP contribution in [0.4, 0.5) is 0 Å². The minimum atomic E-state index is 0.243. The molecule has 1 unspecified atom stereocenters. The fourth-order valence-corrected chi connectivity index (χ4v) is 1.18. The monoisotopic (exact) mass is 144 g/mol. The molecule has 2 N–H and O–H groups in total. The van der Waals surface area contributed by atoms with E-state index in [0.29, 0.717) is 0 Å². The van der Waals surface area contributed by atoms with Crippen LogP contribution in [0.15, 0.2) is 0 Å². The molecule has 0 spiro atoms. The summed E-state index contributed by atoms with van der Waals surface area (Å²) in [6.07, 6.45) is 2.51. The molecule has 3 nitrogen and oxygen atoms in total. The fraction of sp³-hybridized carbons (Fsp3) is 1.00.